The number of hydrogen-bond donors (Lipinski definition) is 1. The average Bonchev–Trinajstić information content (AvgIpc) is 2.53. The second-order valence-corrected chi connectivity index (χ2v) is 5.78. The Labute approximate surface area is 154 Å². The molecule has 0 saturated carbocycles. The molecule has 0 saturated heterocycles. The number of carbonyl (C=O) groups excluding carboxylic acids is 1. The van der Waals surface area contributed by atoms with Crippen LogP contribution in [0.2, 0.25) is 5.02 Å². The van der Waals surface area contributed by atoms with E-state index < -0.39 is 17.7 Å². The summed E-state index contributed by atoms with van der Waals surface area (Å²) in [6.45, 7) is 3.92. The maximum Gasteiger partial charge on any atom is 0.407 e. The van der Waals surface area contributed by atoms with Gasteiger partial charge in [-0.25, -0.2) is 13.6 Å². The molecule has 0 heterocycles. The van der Waals surface area contributed by atoms with E-state index in [2.05, 4.69) is 5.32 Å². The van der Waals surface area contributed by atoms with Gasteiger partial charge in [0, 0.05) is 24.3 Å². The second kappa shape index (κ2) is 9.24. The van der Waals surface area contributed by atoms with Crippen molar-refractivity contribution in [1.29, 1.82) is 0 Å². The fraction of sp³-hybridized carbons (Fsp3) is 0.278. The van der Waals surface area contributed by atoms with Gasteiger partial charge in [0.25, 0.3) is 0 Å². The van der Waals surface area contributed by atoms with Gasteiger partial charge in [0.1, 0.15) is 35.5 Å². The number of benzene rings is 2. The highest BCUT2D eigenvalue weighted by molar-refractivity contribution is 6.32. The normalized spacial score (nSPS) is 11.6. The molecule has 0 spiro atoms. The Morgan fingerprint density at radius 2 is 1.85 bits per heavy atom. The van der Waals surface area contributed by atoms with Gasteiger partial charge in [-0.1, -0.05) is 11.6 Å². The number of amides is 1. The van der Waals surface area contributed by atoms with Crippen molar-refractivity contribution in [2.24, 2.45) is 0 Å². The van der Waals surface area contributed by atoms with Crippen LogP contribution in [0.5, 0.6) is 17.2 Å². The molecule has 1 amide bonds. The number of alkyl carbamates (subject to hydrolysis) is 1. The third-order valence-corrected chi connectivity index (χ3v) is 3.40. The summed E-state index contributed by atoms with van der Waals surface area (Å²) < 4.78 is 42.1. The van der Waals surface area contributed by atoms with Crippen molar-refractivity contribution in [2.45, 2.75) is 19.9 Å². The molecule has 2 aromatic rings. The van der Waals surface area contributed by atoms with Crippen molar-refractivity contribution in [3.05, 3.63) is 53.1 Å². The Morgan fingerprint density at radius 1 is 1.15 bits per heavy atom. The highest BCUT2D eigenvalue weighted by Crippen LogP contribution is 2.31. The number of ether oxygens (including phenoxy) is 3. The third kappa shape index (κ3) is 6.07. The minimum absolute atomic E-state index is 0.0134. The number of nitrogens with one attached hydrogen (secondary N) is 1. The van der Waals surface area contributed by atoms with Crippen LogP contribution in [0, 0.1) is 11.6 Å². The number of hydrogen-bond acceptors (Lipinski definition) is 4. The highest BCUT2D eigenvalue weighted by Gasteiger charge is 2.11. The molecule has 0 aliphatic rings. The maximum atomic E-state index is 13.2. The monoisotopic (exact) mass is 385 g/mol. The smallest absolute Gasteiger partial charge is 0.407 e. The van der Waals surface area contributed by atoms with E-state index in [1.807, 2.05) is 0 Å². The maximum absolute atomic E-state index is 13.2. The van der Waals surface area contributed by atoms with Crippen molar-refractivity contribution in [3.63, 3.8) is 0 Å². The van der Waals surface area contributed by atoms with Crippen LogP contribution in [0.15, 0.2) is 36.4 Å². The topological polar surface area (TPSA) is 56.8 Å². The first kappa shape index (κ1) is 19.8. The van der Waals surface area contributed by atoms with Gasteiger partial charge in [0.2, 0.25) is 0 Å². The third-order valence-electron chi connectivity index (χ3n) is 3.10. The van der Waals surface area contributed by atoms with Gasteiger partial charge in [-0.2, -0.15) is 0 Å². The van der Waals surface area contributed by atoms with E-state index in [1.165, 1.54) is 6.07 Å². The molecule has 0 aliphatic heterocycles. The molecule has 1 unspecified atom stereocenters. The molecule has 1 N–H and O–H groups in total. The number of rotatable bonds is 7. The Bertz CT molecular complexity index is 753. The van der Waals surface area contributed by atoms with Gasteiger partial charge >= 0.3 is 6.09 Å². The van der Waals surface area contributed by atoms with Gasteiger partial charge in [-0.15, -0.1) is 0 Å². The lowest BCUT2D eigenvalue weighted by atomic mass is 10.3. The van der Waals surface area contributed by atoms with E-state index in [0.29, 0.717) is 11.5 Å². The molecule has 2 rings (SSSR count). The molecule has 5 nitrogen and oxygen atoms in total. The first-order valence-corrected chi connectivity index (χ1v) is 8.24. The van der Waals surface area contributed by atoms with E-state index >= 15 is 0 Å². The molecule has 0 aliphatic carbocycles. The molecule has 0 aromatic heterocycles. The lowest BCUT2D eigenvalue weighted by molar-refractivity contribution is 0.144. The Balaban J connectivity index is 1.95. The van der Waals surface area contributed by atoms with E-state index in [0.717, 1.165) is 18.2 Å². The van der Waals surface area contributed by atoms with E-state index in [9.17, 15) is 13.6 Å². The molecule has 1 atom stereocenters. The van der Waals surface area contributed by atoms with Crippen LogP contribution in [0.25, 0.3) is 0 Å². The van der Waals surface area contributed by atoms with Crippen molar-refractivity contribution >= 4 is 17.7 Å². The summed E-state index contributed by atoms with van der Waals surface area (Å²) in [5, 5.41) is 2.85. The fourth-order valence-corrected chi connectivity index (χ4v) is 2.24. The van der Waals surface area contributed by atoms with Crippen LogP contribution >= 0.6 is 11.6 Å². The quantitative estimate of drug-likeness (QED) is 0.734. The van der Waals surface area contributed by atoms with Gasteiger partial charge in [0.15, 0.2) is 0 Å². The first-order valence-electron chi connectivity index (χ1n) is 7.87. The number of carbonyl (C=O) groups is 1. The zero-order valence-corrected chi connectivity index (χ0v) is 15.0. The second-order valence-electron chi connectivity index (χ2n) is 5.38. The molecule has 0 fully saturated rings. The van der Waals surface area contributed by atoms with Crippen LogP contribution in [0.3, 0.4) is 0 Å². The molecular weight excluding hydrogens is 368 g/mol. The standard InChI is InChI=1S/C18H18ClF2NO4/c1-3-24-18(23)22-11(2)10-25-17-5-4-14(9-16(17)19)26-15-7-12(20)6-13(21)8-15/h4-9,11H,3,10H2,1-2H3,(H,22,23). The molecule has 2 aromatic carbocycles. The molecule has 8 heteroatoms. The van der Waals surface area contributed by atoms with E-state index in [4.69, 9.17) is 25.8 Å². The lowest BCUT2D eigenvalue weighted by Gasteiger charge is -2.16. The first-order chi connectivity index (χ1) is 12.4. The van der Waals surface area contributed by atoms with E-state index in [1.54, 1.807) is 26.0 Å². The van der Waals surface area contributed by atoms with Gasteiger partial charge in [0.05, 0.1) is 17.7 Å². The van der Waals surface area contributed by atoms with Crippen LogP contribution in [-0.2, 0) is 4.74 Å². The Kier molecular flexibility index (Phi) is 7.03. The van der Waals surface area contributed by atoms with Crippen molar-refractivity contribution in [2.75, 3.05) is 13.2 Å². The molecule has 0 radical (unpaired) electrons. The largest absolute Gasteiger partial charge is 0.490 e. The Hall–Kier alpha value is -2.54. The summed E-state index contributed by atoms with van der Waals surface area (Å²) in [5.41, 5.74) is 0. The highest BCUT2D eigenvalue weighted by atomic mass is 35.5. The van der Waals surface area contributed by atoms with Crippen molar-refractivity contribution in [3.8, 4) is 17.2 Å². The minimum atomic E-state index is -0.742. The van der Waals surface area contributed by atoms with Crippen molar-refractivity contribution < 1.29 is 27.8 Å². The van der Waals surface area contributed by atoms with E-state index in [-0.39, 0.29) is 30.0 Å². The summed E-state index contributed by atoms with van der Waals surface area (Å²) in [6.07, 6.45) is -0.527. The Morgan fingerprint density at radius 3 is 2.46 bits per heavy atom. The van der Waals surface area contributed by atoms with Crippen LogP contribution in [0.1, 0.15) is 13.8 Å². The predicted molar refractivity (Wildman–Crippen MR) is 93.0 cm³/mol. The predicted octanol–water partition coefficient (Wildman–Crippen LogP) is 4.92. The van der Waals surface area contributed by atoms with Crippen LogP contribution in [0.4, 0.5) is 13.6 Å². The van der Waals surface area contributed by atoms with Gasteiger partial charge < -0.3 is 19.5 Å². The summed E-state index contributed by atoms with van der Waals surface area (Å²) in [4.78, 5) is 11.3. The molecule has 26 heavy (non-hydrogen) atoms. The summed E-state index contributed by atoms with van der Waals surface area (Å²) >= 11 is 6.13. The minimum Gasteiger partial charge on any atom is -0.490 e. The summed E-state index contributed by atoms with van der Waals surface area (Å²) in [5.74, 6) is -0.797. The molecular formula is C18H18ClF2NO4. The lowest BCUT2D eigenvalue weighted by Crippen LogP contribution is -2.37. The summed E-state index contributed by atoms with van der Waals surface area (Å²) in [7, 11) is 0. The average molecular weight is 386 g/mol. The van der Waals surface area contributed by atoms with Crippen LogP contribution < -0.4 is 14.8 Å². The summed E-state index contributed by atoms with van der Waals surface area (Å²) in [6, 6.07) is 7.15. The fourth-order valence-electron chi connectivity index (χ4n) is 2.02. The van der Waals surface area contributed by atoms with Gasteiger partial charge in [-0.05, 0) is 26.0 Å². The molecule has 140 valence electrons. The zero-order valence-electron chi connectivity index (χ0n) is 14.2. The zero-order chi connectivity index (χ0) is 19.1. The van der Waals surface area contributed by atoms with Crippen LogP contribution in [-0.4, -0.2) is 25.3 Å². The molecule has 0 bridgehead atoms. The van der Waals surface area contributed by atoms with Crippen molar-refractivity contribution in [1.82, 2.24) is 5.32 Å². The van der Waals surface area contributed by atoms with Gasteiger partial charge in [-0.3, -0.25) is 0 Å². The number of halogens is 3. The SMILES string of the molecule is CCOC(=O)NC(C)COc1ccc(Oc2cc(F)cc(F)c2)cc1Cl.